The number of likely N-dealkylation sites (tertiary alicyclic amines) is 1. The molecule has 1 aromatic heterocycles. The first-order chi connectivity index (χ1) is 21.4. The number of nitrogens with one attached hydrogen (secondary N) is 1. The van der Waals surface area contributed by atoms with Gasteiger partial charge in [0.25, 0.3) is 10.0 Å². The standard InChI is InChI=1S/C33H35F4N3O4S/c1-22-11-15-40(16-12-22)14-5-17-44-31-21-29-26(20-30(31)43-2)23(10-13-38-29)18-24-8-9-25(19-28(24)34)39-45(41,42)32-7-4-3-6-27(32)33(35,36)37/h3-4,6-10,13,19-22,39H,5,11-12,14-18H2,1-2H3. The number of hydrogen-bond donors (Lipinski definition) is 1. The lowest BCUT2D eigenvalue weighted by molar-refractivity contribution is -0.139. The fourth-order valence-electron chi connectivity index (χ4n) is 5.50. The molecule has 1 saturated heterocycles. The normalized spacial score (nSPS) is 14.9. The predicted molar refractivity (Wildman–Crippen MR) is 165 cm³/mol. The average molecular weight is 646 g/mol. The molecule has 7 nitrogen and oxygen atoms in total. The zero-order valence-corrected chi connectivity index (χ0v) is 25.8. The molecule has 0 aliphatic carbocycles. The van der Waals surface area contributed by atoms with Crippen LogP contribution in [0.5, 0.6) is 11.5 Å². The molecule has 0 spiro atoms. The van der Waals surface area contributed by atoms with Crippen molar-refractivity contribution in [3.8, 4) is 11.5 Å². The van der Waals surface area contributed by atoms with Gasteiger partial charge in [-0.3, -0.25) is 9.71 Å². The molecule has 3 aromatic carbocycles. The second-order valence-electron chi connectivity index (χ2n) is 11.3. The first-order valence-corrected chi connectivity index (χ1v) is 16.2. The number of nitrogens with zero attached hydrogens (tertiary/aromatic N) is 2. The number of pyridine rings is 1. The van der Waals surface area contributed by atoms with Gasteiger partial charge in [-0.1, -0.05) is 25.1 Å². The van der Waals surface area contributed by atoms with Gasteiger partial charge in [-0.15, -0.1) is 0 Å². The summed E-state index contributed by atoms with van der Waals surface area (Å²) in [5.41, 5.74) is 0.130. The van der Waals surface area contributed by atoms with E-state index >= 15 is 4.39 Å². The van der Waals surface area contributed by atoms with Crippen LogP contribution >= 0.6 is 0 Å². The fourth-order valence-corrected chi connectivity index (χ4v) is 6.78. The monoisotopic (exact) mass is 645 g/mol. The minimum atomic E-state index is -4.88. The van der Waals surface area contributed by atoms with Crippen molar-refractivity contribution in [3.05, 3.63) is 89.4 Å². The van der Waals surface area contributed by atoms with Crippen molar-refractivity contribution in [2.45, 2.75) is 43.7 Å². The maximum absolute atomic E-state index is 15.2. The van der Waals surface area contributed by atoms with Crippen LogP contribution in [-0.4, -0.2) is 51.7 Å². The summed E-state index contributed by atoms with van der Waals surface area (Å²) in [4.78, 5) is 5.98. The van der Waals surface area contributed by atoms with E-state index in [1.54, 1.807) is 31.5 Å². The van der Waals surface area contributed by atoms with E-state index in [1.165, 1.54) is 31.0 Å². The summed E-state index contributed by atoms with van der Waals surface area (Å²) in [5, 5.41) is 0.733. The highest BCUT2D eigenvalue weighted by Crippen LogP contribution is 2.36. The van der Waals surface area contributed by atoms with Gasteiger partial charge in [0.2, 0.25) is 0 Å². The lowest BCUT2D eigenvalue weighted by Gasteiger charge is -2.30. The zero-order valence-electron chi connectivity index (χ0n) is 25.0. The Morgan fingerprint density at radius 3 is 2.47 bits per heavy atom. The molecule has 0 atom stereocenters. The summed E-state index contributed by atoms with van der Waals surface area (Å²) in [5.74, 6) is 1.15. The Kier molecular flexibility index (Phi) is 9.83. The molecule has 0 amide bonds. The van der Waals surface area contributed by atoms with E-state index in [1.807, 2.05) is 0 Å². The Hall–Kier alpha value is -3.90. The van der Waals surface area contributed by atoms with E-state index in [0.29, 0.717) is 29.7 Å². The lowest BCUT2D eigenvalue weighted by Crippen LogP contribution is -2.34. The number of alkyl halides is 3. The summed E-state index contributed by atoms with van der Waals surface area (Å²) in [6.45, 7) is 6.01. The quantitative estimate of drug-likeness (QED) is 0.136. The van der Waals surface area contributed by atoms with Crippen molar-refractivity contribution in [1.82, 2.24) is 9.88 Å². The van der Waals surface area contributed by atoms with Gasteiger partial charge in [-0.2, -0.15) is 13.2 Å². The molecule has 2 heterocycles. The molecule has 1 aliphatic rings. The highest BCUT2D eigenvalue weighted by molar-refractivity contribution is 7.92. The van der Waals surface area contributed by atoms with Crippen LogP contribution in [0.1, 0.15) is 42.9 Å². The van der Waals surface area contributed by atoms with Crippen molar-refractivity contribution in [3.63, 3.8) is 0 Å². The van der Waals surface area contributed by atoms with Crippen LogP contribution in [0, 0.1) is 11.7 Å². The van der Waals surface area contributed by atoms with Gasteiger partial charge < -0.3 is 14.4 Å². The molecular formula is C33H35F4N3O4S. The summed E-state index contributed by atoms with van der Waals surface area (Å²) in [7, 11) is -3.10. The van der Waals surface area contributed by atoms with Crippen LogP contribution in [0.2, 0.25) is 0 Å². The molecule has 1 fully saturated rings. The Bertz CT molecular complexity index is 1760. The van der Waals surface area contributed by atoms with E-state index in [9.17, 15) is 21.6 Å². The molecule has 45 heavy (non-hydrogen) atoms. The van der Waals surface area contributed by atoms with Crippen LogP contribution in [-0.2, 0) is 22.6 Å². The smallest absolute Gasteiger partial charge is 0.417 e. The summed E-state index contributed by atoms with van der Waals surface area (Å²) >= 11 is 0. The number of benzene rings is 3. The van der Waals surface area contributed by atoms with Crippen molar-refractivity contribution >= 4 is 26.6 Å². The molecule has 1 aliphatic heterocycles. The minimum Gasteiger partial charge on any atom is -0.493 e. The molecule has 0 unspecified atom stereocenters. The molecule has 4 aromatic rings. The summed E-state index contributed by atoms with van der Waals surface area (Å²) < 4.78 is 94.7. The van der Waals surface area contributed by atoms with Gasteiger partial charge in [0.1, 0.15) is 5.82 Å². The SMILES string of the molecule is COc1cc2c(Cc3ccc(NS(=O)(=O)c4ccccc4C(F)(F)F)cc3F)ccnc2cc1OCCCN1CCC(C)CC1. The molecule has 12 heteroatoms. The van der Waals surface area contributed by atoms with E-state index in [2.05, 4.69) is 21.5 Å². The average Bonchev–Trinajstić information content (AvgIpc) is 3.00. The first-order valence-electron chi connectivity index (χ1n) is 14.7. The Morgan fingerprint density at radius 1 is 1.00 bits per heavy atom. The van der Waals surface area contributed by atoms with Crippen LogP contribution in [0.15, 0.2) is 71.8 Å². The molecular weight excluding hydrogens is 610 g/mol. The number of halogens is 4. The highest BCUT2D eigenvalue weighted by Gasteiger charge is 2.37. The van der Waals surface area contributed by atoms with Gasteiger partial charge in [-0.05, 0) is 85.8 Å². The number of hydrogen-bond acceptors (Lipinski definition) is 6. The van der Waals surface area contributed by atoms with Gasteiger partial charge in [0.05, 0.1) is 35.4 Å². The molecule has 0 saturated carbocycles. The van der Waals surface area contributed by atoms with Crippen molar-refractivity contribution in [1.29, 1.82) is 0 Å². The van der Waals surface area contributed by atoms with Crippen molar-refractivity contribution in [2.24, 2.45) is 5.92 Å². The number of ether oxygens (including phenoxy) is 2. The Morgan fingerprint density at radius 2 is 1.76 bits per heavy atom. The van der Waals surface area contributed by atoms with E-state index < -0.39 is 32.5 Å². The van der Waals surface area contributed by atoms with Crippen LogP contribution in [0.4, 0.5) is 23.2 Å². The largest absolute Gasteiger partial charge is 0.493 e. The Labute approximate surface area is 260 Å². The molecule has 5 rings (SSSR count). The molecule has 0 bridgehead atoms. The molecule has 1 N–H and O–H groups in total. The highest BCUT2D eigenvalue weighted by atomic mass is 32.2. The Balaban J connectivity index is 1.29. The topological polar surface area (TPSA) is 80.8 Å². The molecule has 240 valence electrons. The van der Waals surface area contributed by atoms with Gasteiger partial charge in [-0.25, -0.2) is 12.8 Å². The van der Waals surface area contributed by atoms with Gasteiger partial charge in [0.15, 0.2) is 11.5 Å². The van der Waals surface area contributed by atoms with E-state index in [-0.39, 0.29) is 17.7 Å². The van der Waals surface area contributed by atoms with Crippen LogP contribution in [0.25, 0.3) is 10.9 Å². The number of piperidine rings is 1. The van der Waals surface area contributed by atoms with Crippen LogP contribution in [0.3, 0.4) is 0 Å². The summed E-state index contributed by atoms with van der Waals surface area (Å²) in [6.07, 6.45) is 0.204. The summed E-state index contributed by atoms with van der Waals surface area (Å²) in [6, 6.07) is 12.8. The zero-order chi connectivity index (χ0) is 32.2. The number of rotatable bonds is 11. The third-order valence-electron chi connectivity index (χ3n) is 8.04. The lowest BCUT2D eigenvalue weighted by atomic mass is 9.99. The number of anilines is 1. The number of sulfonamides is 1. The second-order valence-corrected chi connectivity index (χ2v) is 12.9. The van der Waals surface area contributed by atoms with E-state index in [0.717, 1.165) is 61.1 Å². The van der Waals surface area contributed by atoms with Gasteiger partial charge in [0, 0.05) is 30.6 Å². The molecule has 0 radical (unpaired) electrons. The third kappa shape index (κ3) is 7.85. The van der Waals surface area contributed by atoms with Gasteiger partial charge >= 0.3 is 6.18 Å². The second kappa shape index (κ2) is 13.6. The maximum atomic E-state index is 15.2. The number of methoxy groups -OCH3 is 1. The van der Waals surface area contributed by atoms with Crippen LogP contribution < -0.4 is 14.2 Å². The van der Waals surface area contributed by atoms with E-state index in [4.69, 9.17) is 9.47 Å². The third-order valence-corrected chi connectivity index (χ3v) is 9.48. The first kappa shape index (κ1) is 32.5. The number of fused-ring (bicyclic) bond motifs is 1. The maximum Gasteiger partial charge on any atom is 0.417 e. The minimum absolute atomic E-state index is 0.145. The van der Waals surface area contributed by atoms with Crippen molar-refractivity contribution < 1.29 is 35.5 Å². The number of aromatic nitrogens is 1. The fraction of sp³-hybridized carbons (Fsp3) is 0.364. The predicted octanol–water partition coefficient (Wildman–Crippen LogP) is 7.29. The van der Waals surface area contributed by atoms with Crippen molar-refractivity contribution in [2.75, 3.05) is 38.1 Å².